The van der Waals surface area contributed by atoms with Crippen LogP contribution in [0.15, 0.2) is 30.3 Å². The molecule has 1 aromatic carbocycles. The van der Waals surface area contributed by atoms with E-state index in [1.165, 1.54) is 0 Å². The number of ether oxygens (including phenoxy) is 2. The van der Waals surface area contributed by atoms with E-state index in [1.807, 2.05) is 30.3 Å². The van der Waals surface area contributed by atoms with Gasteiger partial charge < -0.3 is 14.8 Å². The molecular weight excluding hydrogens is 258 g/mol. The summed E-state index contributed by atoms with van der Waals surface area (Å²) in [5.41, 5.74) is 0. The van der Waals surface area contributed by atoms with Gasteiger partial charge in [-0.2, -0.15) is 0 Å². The first-order valence-electron chi connectivity index (χ1n) is 6.83. The Hall–Kier alpha value is -2.04. The Morgan fingerprint density at radius 2 is 2.00 bits per heavy atom. The molecule has 20 heavy (non-hydrogen) atoms. The van der Waals surface area contributed by atoms with E-state index in [0.29, 0.717) is 5.75 Å². The Balaban J connectivity index is 1.63. The third-order valence-electron chi connectivity index (χ3n) is 2.92. The van der Waals surface area contributed by atoms with E-state index in [-0.39, 0.29) is 25.0 Å². The van der Waals surface area contributed by atoms with Gasteiger partial charge >= 0.3 is 5.97 Å². The summed E-state index contributed by atoms with van der Waals surface area (Å²) in [5.74, 6) is 0.0454. The van der Waals surface area contributed by atoms with Crippen molar-refractivity contribution in [2.24, 2.45) is 0 Å². The molecule has 0 heterocycles. The quantitative estimate of drug-likeness (QED) is 0.770. The summed E-state index contributed by atoms with van der Waals surface area (Å²) < 4.78 is 10.4. The van der Waals surface area contributed by atoms with Crippen molar-refractivity contribution in [2.75, 3.05) is 6.61 Å². The fourth-order valence-electron chi connectivity index (χ4n) is 1.62. The zero-order valence-corrected chi connectivity index (χ0v) is 11.5. The second-order valence-electron chi connectivity index (χ2n) is 4.83. The minimum Gasteiger partial charge on any atom is -0.493 e. The summed E-state index contributed by atoms with van der Waals surface area (Å²) in [6.07, 6.45) is 1.39. The number of rotatable bonds is 7. The van der Waals surface area contributed by atoms with E-state index in [9.17, 15) is 9.59 Å². The van der Waals surface area contributed by atoms with Crippen LogP contribution in [0.2, 0.25) is 0 Å². The van der Waals surface area contributed by atoms with Gasteiger partial charge in [-0.25, -0.2) is 0 Å². The van der Waals surface area contributed by atoms with Gasteiger partial charge in [0.15, 0.2) is 6.10 Å². The third-order valence-corrected chi connectivity index (χ3v) is 2.92. The standard InChI is InChI=1S/C15H19NO4/c1-11(15(18)16-12-7-8-12)20-14(17)9-10-19-13-5-3-2-4-6-13/h2-6,11-12H,7-10H2,1H3,(H,16,18)/t11-/m1/s1. The molecule has 1 atom stereocenters. The van der Waals surface area contributed by atoms with Crippen LogP contribution in [0.4, 0.5) is 0 Å². The number of carbonyl (C=O) groups excluding carboxylic acids is 2. The zero-order chi connectivity index (χ0) is 14.4. The summed E-state index contributed by atoms with van der Waals surface area (Å²) in [6.45, 7) is 1.81. The molecule has 0 bridgehead atoms. The maximum Gasteiger partial charge on any atom is 0.310 e. The van der Waals surface area contributed by atoms with E-state index in [1.54, 1.807) is 6.92 Å². The van der Waals surface area contributed by atoms with Gasteiger partial charge in [-0.15, -0.1) is 0 Å². The van der Waals surface area contributed by atoms with Crippen molar-refractivity contribution in [3.8, 4) is 5.75 Å². The smallest absolute Gasteiger partial charge is 0.310 e. The second kappa shape index (κ2) is 6.93. The molecule has 0 aliphatic heterocycles. The fourth-order valence-corrected chi connectivity index (χ4v) is 1.62. The van der Waals surface area contributed by atoms with Crippen LogP contribution < -0.4 is 10.1 Å². The molecule has 5 heteroatoms. The molecule has 1 N–H and O–H groups in total. The molecule has 1 aliphatic rings. The summed E-state index contributed by atoms with van der Waals surface area (Å²) in [5, 5.41) is 2.79. The van der Waals surface area contributed by atoms with Crippen LogP contribution in [0.1, 0.15) is 26.2 Å². The maximum absolute atomic E-state index is 11.6. The van der Waals surface area contributed by atoms with Crippen LogP contribution in [0.5, 0.6) is 5.75 Å². The molecular formula is C15H19NO4. The molecule has 1 fully saturated rings. The average Bonchev–Trinajstić information content (AvgIpc) is 3.23. The second-order valence-corrected chi connectivity index (χ2v) is 4.83. The predicted octanol–water partition coefficient (Wildman–Crippen LogP) is 1.67. The number of carbonyl (C=O) groups is 2. The van der Waals surface area contributed by atoms with Crippen molar-refractivity contribution in [3.05, 3.63) is 30.3 Å². The van der Waals surface area contributed by atoms with Crippen molar-refractivity contribution < 1.29 is 19.1 Å². The van der Waals surface area contributed by atoms with Crippen LogP contribution in [-0.2, 0) is 14.3 Å². The van der Waals surface area contributed by atoms with Crippen molar-refractivity contribution in [1.82, 2.24) is 5.32 Å². The van der Waals surface area contributed by atoms with Gasteiger partial charge in [0.1, 0.15) is 5.75 Å². The van der Waals surface area contributed by atoms with Gasteiger partial charge in [0.2, 0.25) is 0 Å². The molecule has 1 amide bonds. The zero-order valence-electron chi connectivity index (χ0n) is 11.5. The van der Waals surface area contributed by atoms with Crippen molar-refractivity contribution in [2.45, 2.75) is 38.3 Å². The molecule has 2 rings (SSSR count). The highest BCUT2D eigenvalue weighted by atomic mass is 16.5. The molecule has 0 saturated heterocycles. The van der Waals surface area contributed by atoms with Crippen LogP contribution in [0.3, 0.4) is 0 Å². The van der Waals surface area contributed by atoms with E-state index in [2.05, 4.69) is 5.32 Å². The Labute approximate surface area is 118 Å². The first kappa shape index (κ1) is 14.4. The first-order valence-corrected chi connectivity index (χ1v) is 6.83. The lowest BCUT2D eigenvalue weighted by Gasteiger charge is -2.13. The lowest BCUT2D eigenvalue weighted by Crippen LogP contribution is -2.37. The van der Waals surface area contributed by atoms with E-state index < -0.39 is 12.1 Å². The lowest BCUT2D eigenvalue weighted by atomic mass is 10.3. The Morgan fingerprint density at radius 3 is 2.65 bits per heavy atom. The van der Waals surface area contributed by atoms with Crippen molar-refractivity contribution >= 4 is 11.9 Å². The highest BCUT2D eigenvalue weighted by molar-refractivity contribution is 5.83. The van der Waals surface area contributed by atoms with Crippen LogP contribution in [0, 0.1) is 0 Å². The number of hydrogen-bond acceptors (Lipinski definition) is 4. The van der Waals surface area contributed by atoms with Gasteiger partial charge in [0, 0.05) is 6.04 Å². The molecule has 0 unspecified atom stereocenters. The summed E-state index contributed by atoms with van der Waals surface area (Å²) in [4.78, 5) is 23.2. The van der Waals surface area contributed by atoms with E-state index in [0.717, 1.165) is 12.8 Å². The van der Waals surface area contributed by atoms with Crippen molar-refractivity contribution in [1.29, 1.82) is 0 Å². The minimum atomic E-state index is -0.750. The highest BCUT2D eigenvalue weighted by Gasteiger charge is 2.27. The molecule has 5 nitrogen and oxygen atoms in total. The van der Waals surface area contributed by atoms with Gasteiger partial charge in [-0.05, 0) is 31.9 Å². The van der Waals surface area contributed by atoms with Gasteiger partial charge in [-0.1, -0.05) is 18.2 Å². The maximum atomic E-state index is 11.6. The molecule has 0 spiro atoms. The van der Waals surface area contributed by atoms with E-state index >= 15 is 0 Å². The summed E-state index contributed by atoms with van der Waals surface area (Å²) in [7, 11) is 0. The Bertz CT molecular complexity index is 456. The SMILES string of the molecule is C[C@@H](OC(=O)CCOc1ccccc1)C(=O)NC1CC1. The number of benzene rings is 1. The van der Waals surface area contributed by atoms with Crippen LogP contribution in [-0.4, -0.2) is 30.6 Å². The topological polar surface area (TPSA) is 64.6 Å². The number of hydrogen-bond donors (Lipinski definition) is 1. The normalized spacial score (nSPS) is 15.2. The molecule has 0 radical (unpaired) electrons. The van der Waals surface area contributed by atoms with Crippen molar-refractivity contribution in [3.63, 3.8) is 0 Å². The van der Waals surface area contributed by atoms with E-state index in [4.69, 9.17) is 9.47 Å². The van der Waals surface area contributed by atoms with Gasteiger partial charge in [0.25, 0.3) is 5.91 Å². The molecule has 108 valence electrons. The predicted molar refractivity (Wildman–Crippen MR) is 73.3 cm³/mol. The lowest BCUT2D eigenvalue weighted by molar-refractivity contribution is -0.155. The molecule has 0 aromatic heterocycles. The number of nitrogens with one attached hydrogen (secondary N) is 1. The number of para-hydroxylation sites is 1. The van der Waals surface area contributed by atoms with Crippen LogP contribution in [0.25, 0.3) is 0 Å². The summed E-state index contributed by atoms with van der Waals surface area (Å²) in [6, 6.07) is 9.51. The number of esters is 1. The minimum absolute atomic E-state index is 0.121. The Kier molecular flexibility index (Phi) is 4.98. The summed E-state index contributed by atoms with van der Waals surface area (Å²) >= 11 is 0. The molecule has 1 aromatic rings. The molecule has 1 aliphatic carbocycles. The third kappa shape index (κ3) is 4.91. The van der Waals surface area contributed by atoms with Crippen LogP contribution >= 0.6 is 0 Å². The highest BCUT2D eigenvalue weighted by Crippen LogP contribution is 2.18. The van der Waals surface area contributed by atoms with Gasteiger partial charge in [-0.3, -0.25) is 9.59 Å². The number of amides is 1. The fraction of sp³-hybridized carbons (Fsp3) is 0.467. The average molecular weight is 277 g/mol. The Morgan fingerprint density at radius 1 is 1.30 bits per heavy atom. The first-order chi connectivity index (χ1) is 9.65. The monoisotopic (exact) mass is 277 g/mol. The largest absolute Gasteiger partial charge is 0.493 e. The molecule has 1 saturated carbocycles. The van der Waals surface area contributed by atoms with Gasteiger partial charge in [0.05, 0.1) is 13.0 Å².